The van der Waals surface area contributed by atoms with E-state index in [0.29, 0.717) is 4.99 Å². The minimum absolute atomic E-state index is 0.0466. The molecule has 2 atom stereocenters. The van der Waals surface area contributed by atoms with Crippen LogP contribution in [0.15, 0.2) is 0 Å². The van der Waals surface area contributed by atoms with Crippen LogP contribution in [0.3, 0.4) is 0 Å². The molecule has 2 amide bonds. The summed E-state index contributed by atoms with van der Waals surface area (Å²) in [6.07, 6.45) is 4.55. The first-order valence-electron chi connectivity index (χ1n) is 7.02. The van der Waals surface area contributed by atoms with Crippen LogP contribution in [0, 0.1) is 17.3 Å². The van der Waals surface area contributed by atoms with E-state index in [1.165, 1.54) is 4.90 Å². The van der Waals surface area contributed by atoms with E-state index in [1.54, 1.807) is 0 Å². The standard InChI is InChI=1S/C14H20N2O2S/c1-13(2)8-9(13)11(18)16(10(8)17)14(12(15)19)6-4-3-5-7-14/h8-9H,3-7H2,1-2H3,(H2,15,19). The van der Waals surface area contributed by atoms with E-state index in [9.17, 15) is 9.59 Å². The minimum atomic E-state index is -0.675. The third kappa shape index (κ3) is 1.48. The van der Waals surface area contributed by atoms with E-state index < -0.39 is 5.54 Å². The van der Waals surface area contributed by atoms with Crippen LogP contribution in [-0.2, 0) is 9.59 Å². The second-order valence-electron chi connectivity index (χ2n) is 6.75. The second kappa shape index (κ2) is 3.78. The van der Waals surface area contributed by atoms with Gasteiger partial charge in [-0.05, 0) is 18.3 Å². The molecule has 19 heavy (non-hydrogen) atoms. The highest BCUT2D eigenvalue weighted by Crippen LogP contribution is 2.64. The van der Waals surface area contributed by atoms with Gasteiger partial charge in [-0.3, -0.25) is 14.5 Å². The predicted octanol–water partition coefficient (Wildman–Crippen LogP) is 1.62. The number of piperidine rings is 1. The lowest BCUT2D eigenvalue weighted by molar-refractivity contribution is -0.149. The molecule has 0 radical (unpaired) electrons. The van der Waals surface area contributed by atoms with Gasteiger partial charge in [-0.15, -0.1) is 0 Å². The largest absolute Gasteiger partial charge is 0.391 e. The molecule has 1 saturated heterocycles. The van der Waals surface area contributed by atoms with Crippen molar-refractivity contribution in [3.8, 4) is 0 Å². The summed E-state index contributed by atoms with van der Waals surface area (Å²) in [5, 5.41) is 0. The first-order chi connectivity index (χ1) is 8.84. The Kier molecular flexibility index (Phi) is 2.59. The van der Waals surface area contributed by atoms with Crippen molar-refractivity contribution in [3.05, 3.63) is 0 Å². The summed E-state index contributed by atoms with van der Waals surface area (Å²) in [5.74, 6) is -0.384. The molecule has 0 bridgehead atoms. The molecule has 1 aliphatic heterocycles. The molecule has 104 valence electrons. The van der Waals surface area contributed by atoms with Gasteiger partial charge in [0.05, 0.1) is 16.8 Å². The molecule has 0 aromatic rings. The third-order valence-corrected chi connectivity index (χ3v) is 5.75. The Balaban J connectivity index is 1.96. The van der Waals surface area contributed by atoms with Crippen LogP contribution in [0.1, 0.15) is 46.0 Å². The van der Waals surface area contributed by atoms with E-state index in [2.05, 4.69) is 0 Å². The summed E-state index contributed by atoms with van der Waals surface area (Å²) in [4.78, 5) is 26.9. The molecule has 0 spiro atoms. The van der Waals surface area contributed by atoms with Crippen molar-refractivity contribution in [1.82, 2.24) is 4.90 Å². The summed E-state index contributed by atoms with van der Waals surface area (Å²) >= 11 is 5.21. The van der Waals surface area contributed by atoms with Crippen molar-refractivity contribution in [1.29, 1.82) is 0 Å². The van der Waals surface area contributed by atoms with E-state index in [-0.39, 0.29) is 29.1 Å². The van der Waals surface area contributed by atoms with Crippen molar-refractivity contribution in [2.45, 2.75) is 51.5 Å². The van der Waals surface area contributed by atoms with E-state index in [0.717, 1.165) is 32.1 Å². The highest BCUT2D eigenvalue weighted by molar-refractivity contribution is 7.80. The van der Waals surface area contributed by atoms with Gasteiger partial charge in [-0.25, -0.2) is 0 Å². The molecule has 0 aromatic heterocycles. The SMILES string of the molecule is CC1(C)C2C(=O)N(C3(C(N)=S)CCCCC3)C(=O)C21. The van der Waals surface area contributed by atoms with Crippen LogP contribution in [-0.4, -0.2) is 27.2 Å². The number of carbonyl (C=O) groups is 2. The maximum Gasteiger partial charge on any atom is 0.234 e. The maximum atomic E-state index is 12.6. The van der Waals surface area contributed by atoms with Crippen LogP contribution < -0.4 is 5.73 Å². The topological polar surface area (TPSA) is 63.4 Å². The zero-order valence-electron chi connectivity index (χ0n) is 11.4. The third-order valence-electron chi connectivity index (χ3n) is 5.37. The number of fused-ring (bicyclic) bond motifs is 1. The summed E-state index contributed by atoms with van der Waals surface area (Å²) in [7, 11) is 0. The van der Waals surface area contributed by atoms with Crippen LogP contribution in [0.4, 0.5) is 0 Å². The molecule has 3 rings (SSSR count). The lowest BCUT2D eigenvalue weighted by Crippen LogP contribution is -2.61. The number of hydrogen-bond donors (Lipinski definition) is 1. The summed E-state index contributed by atoms with van der Waals surface area (Å²) in [6, 6.07) is 0. The maximum absolute atomic E-state index is 12.6. The Morgan fingerprint density at radius 1 is 1.16 bits per heavy atom. The highest BCUT2D eigenvalue weighted by Gasteiger charge is 2.74. The molecule has 5 heteroatoms. The summed E-state index contributed by atoms with van der Waals surface area (Å²) < 4.78 is 0. The molecule has 3 fully saturated rings. The number of carbonyl (C=O) groups excluding carboxylic acids is 2. The molecular formula is C14H20N2O2S. The molecule has 4 nitrogen and oxygen atoms in total. The minimum Gasteiger partial charge on any atom is -0.391 e. The molecular weight excluding hydrogens is 260 g/mol. The lowest BCUT2D eigenvalue weighted by Gasteiger charge is -2.43. The monoisotopic (exact) mass is 280 g/mol. The molecule has 3 aliphatic rings. The number of amides is 2. The van der Waals surface area contributed by atoms with Crippen molar-refractivity contribution in [3.63, 3.8) is 0 Å². The average molecular weight is 280 g/mol. The van der Waals surface area contributed by atoms with Gasteiger partial charge in [0.15, 0.2) is 0 Å². The van der Waals surface area contributed by atoms with Crippen LogP contribution in [0.5, 0.6) is 0 Å². The smallest absolute Gasteiger partial charge is 0.234 e. The van der Waals surface area contributed by atoms with Gasteiger partial charge in [-0.1, -0.05) is 45.3 Å². The zero-order chi connectivity index (χ0) is 14.0. The van der Waals surface area contributed by atoms with Gasteiger partial charge in [0.25, 0.3) is 0 Å². The second-order valence-corrected chi connectivity index (χ2v) is 7.18. The molecule has 2 N–H and O–H groups in total. The fourth-order valence-electron chi connectivity index (χ4n) is 4.09. The highest BCUT2D eigenvalue weighted by atomic mass is 32.1. The number of nitrogens with two attached hydrogens (primary N) is 1. The Morgan fingerprint density at radius 2 is 1.63 bits per heavy atom. The fourth-order valence-corrected chi connectivity index (χ4v) is 4.38. The predicted molar refractivity (Wildman–Crippen MR) is 75.2 cm³/mol. The van der Waals surface area contributed by atoms with Gasteiger partial charge in [0, 0.05) is 0 Å². The Labute approximate surface area is 118 Å². The average Bonchev–Trinajstić information content (AvgIpc) is 2.80. The number of nitrogens with zero attached hydrogens (tertiary/aromatic N) is 1. The van der Waals surface area contributed by atoms with Crippen LogP contribution >= 0.6 is 12.2 Å². The molecule has 2 saturated carbocycles. The number of imide groups is 1. The molecule has 1 heterocycles. The van der Waals surface area contributed by atoms with E-state index >= 15 is 0 Å². The summed E-state index contributed by atoms with van der Waals surface area (Å²) in [6.45, 7) is 3.98. The zero-order valence-corrected chi connectivity index (χ0v) is 12.3. The van der Waals surface area contributed by atoms with Crippen LogP contribution in [0.2, 0.25) is 0 Å². The van der Waals surface area contributed by atoms with E-state index in [4.69, 9.17) is 18.0 Å². The Hall–Kier alpha value is -0.970. The molecule has 0 aromatic carbocycles. The molecule has 2 aliphatic carbocycles. The first kappa shape index (κ1) is 13.0. The van der Waals surface area contributed by atoms with Gasteiger partial charge in [-0.2, -0.15) is 0 Å². The van der Waals surface area contributed by atoms with Crippen molar-refractivity contribution in [2.24, 2.45) is 23.0 Å². The Bertz CT molecular complexity index is 456. The quantitative estimate of drug-likeness (QED) is 0.616. The van der Waals surface area contributed by atoms with Gasteiger partial charge in [0.1, 0.15) is 5.54 Å². The fraction of sp³-hybridized carbons (Fsp3) is 0.786. The molecule has 2 unspecified atom stereocenters. The summed E-state index contributed by atoms with van der Waals surface area (Å²) in [5.41, 5.74) is 5.07. The number of hydrogen-bond acceptors (Lipinski definition) is 3. The number of thiocarbonyl (C=S) groups is 1. The van der Waals surface area contributed by atoms with E-state index in [1.807, 2.05) is 13.8 Å². The van der Waals surface area contributed by atoms with Crippen LogP contribution in [0.25, 0.3) is 0 Å². The van der Waals surface area contributed by atoms with Gasteiger partial charge < -0.3 is 5.73 Å². The van der Waals surface area contributed by atoms with Crippen molar-refractivity contribution >= 4 is 29.0 Å². The Morgan fingerprint density at radius 3 is 2.05 bits per heavy atom. The van der Waals surface area contributed by atoms with Crippen molar-refractivity contribution < 1.29 is 9.59 Å². The van der Waals surface area contributed by atoms with Gasteiger partial charge in [0.2, 0.25) is 11.8 Å². The lowest BCUT2D eigenvalue weighted by atomic mass is 9.79. The number of likely N-dealkylation sites (tertiary alicyclic amines) is 1. The van der Waals surface area contributed by atoms with Gasteiger partial charge >= 0.3 is 0 Å². The number of rotatable bonds is 2. The first-order valence-corrected chi connectivity index (χ1v) is 7.43. The van der Waals surface area contributed by atoms with Crippen molar-refractivity contribution in [2.75, 3.05) is 0 Å². The normalized spacial score (nSPS) is 35.2.